The Labute approximate surface area is 285 Å². The second kappa shape index (κ2) is 26.7. The Balaban J connectivity index is 2.65. The SMILES string of the molecule is C#CCOCCOCCOCCOCCNC(=O)CC1C[C@@H](C(=O)N[C@@H](CCCC)C(=O)OC)[C@H](C(=O)N[C@@H](CCCC)C(=O)OC)C1. The zero-order valence-electron chi connectivity index (χ0n) is 29.2. The van der Waals surface area contributed by atoms with E-state index in [2.05, 4.69) is 21.9 Å². The van der Waals surface area contributed by atoms with Crippen LogP contribution in [0, 0.1) is 30.1 Å². The van der Waals surface area contributed by atoms with E-state index < -0.39 is 47.7 Å². The number of unbranched alkanes of at least 4 members (excludes halogenated alkanes) is 2. The zero-order chi connectivity index (χ0) is 35.6. The van der Waals surface area contributed by atoms with Gasteiger partial charge in [0.15, 0.2) is 0 Å². The predicted molar refractivity (Wildman–Crippen MR) is 176 cm³/mol. The lowest BCUT2D eigenvalue weighted by Gasteiger charge is -2.24. The molecule has 48 heavy (non-hydrogen) atoms. The molecule has 1 aliphatic carbocycles. The molecule has 0 aromatic carbocycles. The molecule has 1 saturated carbocycles. The summed E-state index contributed by atoms with van der Waals surface area (Å²) in [4.78, 5) is 64.5. The van der Waals surface area contributed by atoms with Gasteiger partial charge < -0.3 is 44.4 Å². The van der Waals surface area contributed by atoms with Crippen molar-refractivity contribution in [3.8, 4) is 12.3 Å². The molecule has 0 aromatic heterocycles. The first-order valence-electron chi connectivity index (χ1n) is 17.0. The van der Waals surface area contributed by atoms with Gasteiger partial charge in [-0.15, -0.1) is 6.42 Å². The van der Waals surface area contributed by atoms with Crippen molar-refractivity contribution in [3.05, 3.63) is 0 Å². The van der Waals surface area contributed by atoms with E-state index in [9.17, 15) is 24.0 Å². The highest BCUT2D eigenvalue weighted by atomic mass is 16.6. The van der Waals surface area contributed by atoms with E-state index in [1.54, 1.807) is 0 Å². The van der Waals surface area contributed by atoms with Crippen molar-refractivity contribution in [3.63, 3.8) is 0 Å². The van der Waals surface area contributed by atoms with Gasteiger partial charge in [0, 0.05) is 24.8 Å². The molecule has 0 heterocycles. The summed E-state index contributed by atoms with van der Waals surface area (Å²) >= 11 is 0. The smallest absolute Gasteiger partial charge is 0.328 e. The average molecular weight is 684 g/mol. The van der Waals surface area contributed by atoms with Crippen molar-refractivity contribution in [1.82, 2.24) is 16.0 Å². The molecule has 3 N–H and O–H groups in total. The van der Waals surface area contributed by atoms with Gasteiger partial charge in [-0.1, -0.05) is 45.5 Å². The fourth-order valence-corrected chi connectivity index (χ4v) is 5.43. The Morgan fingerprint density at radius 1 is 0.708 bits per heavy atom. The van der Waals surface area contributed by atoms with Crippen molar-refractivity contribution >= 4 is 29.7 Å². The predicted octanol–water partition coefficient (Wildman–Crippen LogP) is 1.53. The van der Waals surface area contributed by atoms with Crippen LogP contribution in [0.15, 0.2) is 0 Å². The highest BCUT2D eigenvalue weighted by Gasteiger charge is 2.44. The summed E-state index contributed by atoms with van der Waals surface area (Å²) < 4.78 is 31.2. The van der Waals surface area contributed by atoms with Crippen molar-refractivity contribution < 1.29 is 52.4 Å². The lowest BCUT2D eigenvalue weighted by molar-refractivity contribution is -0.147. The van der Waals surface area contributed by atoms with E-state index >= 15 is 0 Å². The minimum Gasteiger partial charge on any atom is -0.467 e. The molecular formula is C34H57N3O11. The summed E-state index contributed by atoms with van der Waals surface area (Å²) in [7, 11) is 2.52. The van der Waals surface area contributed by atoms with Crippen LogP contribution in [-0.4, -0.2) is 115 Å². The topological polar surface area (TPSA) is 177 Å². The third-order valence-corrected chi connectivity index (χ3v) is 7.97. The van der Waals surface area contributed by atoms with E-state index in [4.69, 9.17) is 34.8 Å². The van der Waals surface area contributed by atoms with Crippen LogP contribution < -0.4 is 16.0 Å². The van der Waals surface area contributed by atoms with Crippen LogP contribution in [0.5, 0.6) is 0 Å². The second-order valence-electron chi connectivity index (χ2n) is 11.7. The molecule has 0 unspecified atom stereocenters. The third kappa shape index (κ3) is 17.8. The molecule has 0 aromatic rings. The normalized spacial score (nSPS) is 17.1. The lowest BCUT2D eigenvalue weighted by Crippen LogP contribution is -2.49. The largest absolute Gasteiger partial charge is 0.467 e. The number of amides is 3. The van der Waals surface area contributed by atoms with E-state index in [1.165, 1.54) is 14.2 Å². The minimum atomic E-state index is -0.843. The Kier molecular flexibility index (Phi) is 23.8. The number of hydrogen-bond acceptors (Lipinski definition) is 11. The molecule has 1 aliphatic rings. The molecule has 3 amide bonds. The molecule has 0 saturated heterocycles. The van der Waals surface area contributed by atoms with Crippen LogP contribution in [0.2, 0.25) is 0 Å². The lowest BCUT2D eigenvalue weighted by atomic mass is 9.93. The van der Waals surface area contributed by atoms with Gasteiger partial charge in [0.25, 0.3) is 0 Å². The number of hydrogen-bond donors (Lipinski definition) is 3. The number of carbonyl (C=O) groups is 5. The summed E-state index contributed by atoms with van der Waals surface area (Å²) in [6.45, 7) is 7.23. The quantitative estimate of drug-likeness (QED) is 0.0650. The number of ether oxygens (including phenoxy) is 6. The molecule has 1 rings (SSSR count). The second-order valence-corrected chi connectivity index (χ2v) is 11.7. The maximum absolute atomic E-state index is 13.5. The van der Waals surface area contributed by atoms with Gasteiger partial charge in [-0.3, -0.25) is 14.4 Å². The van der Waals surface area contributed by atoms with Crippen molar-refractivity contribution in [1.29, 1.82) is 0 Å². The van der Waals surface area contributed by atoms with E-state index in [0.717, 1.165) is 12.8 Å². The number of esters is 2. The van der Waals surface area contributed by atoms with Crippen LogP contribution in [0.3, 0.4) is 0 Å². The van der Waals surface area contributed by atoms with Gasteiger partial charge in [-0.05, 0) is 31.6 Å². The van der Waals surface area contributed by atoms with Crippen LogP contribution in [0.1, 0.15) is 71.6 Å². The van der Waals surface area contributed by atoms with Gasteiger partial charge >= 0.3 is 11.9 Å². The fraction of sp³-hybridized carbons (Fsp3) is 0.794. The molecule has 4 atom stereocenters. The van der Waals surface area contributed by atoms with E-state index in [1.807, 2.05) is 13.8 Å². The molecule has 0 radical (unpaired) electrons. The summed E-state index contributed by atoms with van der Waals surface area (Å²) in [6.07, 6.45) is 9.59. The van der Waals surface area contributed by atoms with Gasteiger partial charge in [0.2, 0.25) is 17.7 Å². The van der Waals surface area contributed by atoms with Gasteiger partial charge in [0.1, 0.15) is 18.7 Å². The van der Waals surface area contributed by atoms with Gasteiger partial charge in [-0.2, -0.15) is 0 Å². The molecular weight excluding hydrogens is 626 g/mol. The zero-order valence-corrected chi connectivity index (χ0v) is 29.2. The summed E-state index contributed by atoms with van der Waals surface area (Å²) in [5.41, 5.74) is 0. The number of carbonyl (C=O) groups excluding carboxylic acids is 5. The van der Waals surface area contributed by atoms with Gasteiger partial charge in [-0.25, -0.2) is 9.59 Å². The first kappa shape index (κ1) is 42.8. The molecule has 0 bridgehead atoms. The molecule has 14 nitrogen and oxygen atoms in total. The van der Waals surface area contributed by atoms with Crippen molar-refractivity contribution in [2.24, 2.45) is 17.8 Å². The number of nitrogens with one attached hydrogen (secondary N) is 3. The first-order chi connectivity index (χ1) is 23.2. The molecule has 0 aliphatic heterocycles. The van der Waals surface area contributed by atoms with Crippen LogP contribution in [-0.2, 0) is 52.4 Å². The fourth-order valence-electron chi connectivity index (χ4n) is 5.43. The third-order valence-electron chi connectivity index (χ3n) is 7.97. The highest BCUT2D eigenvalue weighted by Crippen LogP contribution is 2.39. The molecule has 1 fully saturated rings. The maximum Gasteiger partial charge on any atom is 0.328 e. The van der Waals surface area contributed by atoms with E-state index in [-0.39, 0.29) is 50.8 Å². The Morgan fingerprint density at radius 2 is 1.15 bits per heavy atom. The molecule has 14 heteroatoms. The maximum atomic E-state index is 13.5. The average Bonchev–Trinajstić information content (AvgIpc) is 3.51. The summed E-state index contributed by atoms with van der Waals surface area (Å²) in [5, 5.41) is 8.37. The summed E-state index contributed by atoms with van der Waals surface area (Å²) in [5.74, 6) is -1.73. The number of terminal acetylenes is 1. The van der Waals surface area contributed by atoms with Crippen molar-refractivity contribution in [2.75, 3.05) is 73.6 Å². The Morgan fingerprint density at radius 3 is 1.56 bits per heavy atom. The van der Waals surface area contributed by atoms with Crippen LogP contribution in [0.25, 0.3) is 0 Å². The minimum absolute atomic E-state index is 0.108. The van der Waals surface area contributed by atoms with Crippen LogP contribution >= 0.6 is 0 Å². The first-order valence-corrected chi connectivity index (χ1v) is 17.0. The number of methoxy groups -OCH3 is 2. The molecule has 274 valence electrons. The van der Waals surface area contributed by atoms with Gasteiger partial charge in [0.05, 0.1) is 60.5 Å². The Hall–Kier alpha value is -3.25. The Bertz CT molecular complexity index is 953. The summed E-state index contributed by atoms with van der Waals surface area (Å²) in [6, 6.07) is -1.69. The molecule has 0 spiro atoms. The van der Waals surface area contributed by atoms with Crippen molar-refractivity contribution in [2.45, 2.75) is 83.7 Å². The highest BCUT2D eigenvalue weighted by molar-refractivity contribution is 5.92. The monoisotopic (exact) mass is 683 g/mol. The number of rotatable bonds is 27. The standard InChI is InChI=1S/C34H57N3O11/c1-6-9-11-28(33(41)43-4)36-31(39)26-22-25(23-27(26)32(40)37-29(12-10-7-2)34(42)44-5)24-30(38)35-13-15-46-17-19-48-21-20-47-18-16-45-14-8-3/h3,25-29H,6-7,9-24H2,1-2,4-5H3,(H,35,38)(H,36,39)(H,37,40)/t26-,27-,28+,29+/m1/s1. The van der Waals surface area contributed by atoms with E-state index in [0.29, 0.717) is 65.3 Å². The van der Waals surface area contributed by atoms with Crippen LogP contribution in [0.4, 0.5) is 0 Å².